The number of aromatic nitrogens is 8. The van der Waals surface area contributed by atoms with Crippen LogP contribution in [0.15, 0.2) is 91.2 Å². The topological polar surface area (TPSA) is 362 Å². The summed E-state index contributed by atoms with van der Waals surface area (Å²) in [6.07, 6.45) is 11.9. The van der Waals surface area contributed by atoms with Crippen molar-refractivity contribution in [1.82, 2.24) is 57.8 Å². The summed E-state index contributed by atoms with van der Waals surface area (Å²) >= 11 is 1.07. The number of rotatable bonds is 26. The molecule has 0 unspecified atom stereocenters. The first kappa shape index (κ1) is 64.1. The van der Waals surface area contributed by atoms with Crippen molar-refractivity contribution in [3.63, 3.8) is 0 Å². The highest BCUT2D eigenvalue weighted by atomic mass is 32.1. The van der Waals surface area contributed by atoms with Crippen molar-refractivity contribution in [1.29, 1.82) is 0 Å². The first-order valence-electron chi connectivity index (χ1n) is 27.7. The van der Waals surface area contributed by atoms with E-state index in [1.54, 1.807) is 90.3 Å². The van der Waals surface area contributed by atoms with Crippen LogP contribution in [0.3, 0.4) is 0 Å². The number of anilines is 7. The zero-order valence-electron chi connectivity index (χ0n) is 50.3. The maximum atomic E-state index is 13.5. The normalized spacial score (nSPS) is 11.0. The van der Waals surface area contributed by atoms with Crippen LogP contribution in [0.5, 0.6) is 5.75 Å². The fourth-order valence-electron chi connectivity index (χ4n) is 9.36. The molecule has 10 amide bonds. The van der Waals surface area contributed by atoms with Crippen LogP contribution in [0, 0.1) is 0 Å². The van der Waals surface area contributed by atoms with E-state index >= 15 is 0 Å². The molecule has 0 aliphatic rings. The van der Waals surface area contributed by atoms with Crippen molar-refractivity contribution < 1.29 is 53.1 Å². The van der Waals surface area contributed by atoms with E-state index in [1.165, 1.54) is 82.3 Å². The zero-order chi connectivity index (χ0) is 64.4. The minimum absolute atomic E-state index is 0.0101. The second kappa shape index (κ2) is 28.0. The first-order chi connectivity index (χ1) is 42.3. The third-order valence-electron chi connectivity index (χ3n) is 13.8. The molecule has 0 aliphatic carbocycles. The van der Waals surface area contributed by atoms with Crippen LogP contribution in [0.2, 0.25) is 0 Å². The zero-order valence-corrected chi connectivity index (χ0v) is 51.1. The van der Waals surface area contributed by atoms with Crippen LogP contribution in [-0.2, 0) is 58.9 Å². The van der Waals surface area contributed by atoms with Crippen LogP contribution < -0.4 is 53.2 Å². The number of thiophene rings is 1. The molecule has 0 saturated heterocycles. The Kier molecular flexibility index (Phi) is 20.2. The van der Waals surface area contributed by atoms with E-state index < -0.39 is 53.2 Å². The Hall–Kier alpha value is -11.0. The second-order valence-corrected chi connectivity index (χ2v) is 22.1. The van der Waals surface area contributed by atoms with Gasteiger partial charge >= 0.3 is 0 Å². The minimum Gasteiger partial charge on any atom is -0.506 e. The Balaban J connectivity index is 0.747. The fourth-order valence-corrected chi connectivity index (χ4v) is 10.0. The molecular weight excluding hydrogens is 1170 g/mol. The maximum Gasteiger partial charge on any atom is 0.291 e. The van der Waals surface area contributed by atoms with E-state index in [1.807, 2.05) is 19.0 Å². The molecule has 0 radical (unpaired) electrons. The minimum atomic E-state index is -0.633. The molecular formula is C58H69N19O11S. The average molecular weight is 1240 g/mol. The van der Waals surface area contributed by atoms with Gasteiger partial charge in [-0.25, -0.2) is 4.98 Å². The largest absolute Gasteiger partial charge is 0.506 e. The smallest absolute Gasteiger partial charge is 0.291 e. The standard InChI is InChI=1S/C58H69N19O11S/c1-70(2)18-11-16-59-47(79)13-17-61-52(82)40-21-34(27-72(40)4)63-54(84)42-23-36(29-74(42)6)65-56(86)44-25-38(31-76(44)8)67-58(88)50-69-46(32-77(50)9)68-48(80)12-10-15-60-51(81)39-20-33(26-71(39)3)62-53(83)41-22-35(28-73(41)5)64-55(85)43-24-37(30-75(43)7)66-57(87)49-45(78)14-19-89-49/h14,19-32,78H,10-13,15-18H2,1-9H3,(H,59,79)(H,60,81)(H,61,82)(H,62,83)(H,63,84)(H,64,85)(H,65,86)(H,66,87)(H,67,88)(H,68,80). The fraction of sp³-hybridized carbons (Fsp3) is 0.293. The van der Waals surface area contributed by atoms with Crippen molar-refractivity contribution >= 4 is 110 Å². The molecule has 8 heterocycles. The van der Waals surface area contributed by atoms with Gasteiger partial charge in [0.2, 0.25) is 17.6 Å². The Labute approximate surface area is 513 Å². The highest BCUT2D eigenvalue weighted by Crippen LogP contribution is 2.26. The molecule has 0 saturated carbocycles. The van der Waals surface area contributed by atoms with Crippen LogP contribution in [0.1, 0.15) is 109 Å². The van der Waals surface area contributed by atoms with Crippen molar-refractivity contribution in [2.24, 2.45) is 49.3 Å². The van der Waals surface area contributed by atoms with Gasteiger partial charge in [0.15, 0.2) is 5.82 Å². The molecule has 89 heavy (non-hydrogen) atoms. The quantitative estimate of drug-likeness (QED) is 0.0341. The van der Waals surface area contributed by atoms with Gasteiger partial charge < -0.3 is 95.1 Å². The van der Waals surface area contributed by atoms with Gasteiger partial charge in [0, 0.05) is 125 Å². The van der Waals surface area contributed by atoms with Gasteiger partial charge in [-0.05, 0) is 81.3 Å². The number of nitrogens with zero attached hydrogens (tertiary/aromatic N) is 9. The van der Waals surface area contributed by atoms with E-state index in [-0.39, 0.29) is 100 Å². The van der Waals surface area contributed by atoms with Gasteiger partial charge in [-0.3, -0.25) is 47.9 Å². The Morgan fingerprint density at radius 1 is 0.427 bits per heavy atom. The lowest BCUT2D eigenvalue weighted by Crippen LogP contribution is -2.32. The summed E-state index contributed by atoms with van der Waals surface area (Å²) < 4.78 is 10.6. The highest BCUT2D eigenvalue weighted by Gasteiger charge is 2.24. The molecule has 0 spiro atoms. The van der Waals surface area contributed by atoms with Gasteiger partial charge in [0.05, 0.1) is 34.1 Å². The number of hydrogen-bond donors (Lipinski definition) is 11. The first-order valence-corrected chi connectivity index (χ1v) is 28.6. The van der Waals surface area contributed by atoms with Crippen molar-refractivity contribution in [2.45, 2.75) is 25.7 Å². The molecule has 30 nitrogen and oxygen atoms in total. The van der Waals surface area contributed by atoms with Crippen molar-refractivity contribution in [2.75, 3.05) is 77.5 Å². The lowest BCUT2D eigenvalue weighted by atomic mass is 10.3. The number of imidazole rings is 1. The summed E-state index contributed by atoms with van der Waals surface area (Å²) in [5, 5.41) is 38.9. The molecule has 0 fully saturated rings. The lowest BCUT2D eigenvalue weighted by Gasteiger charge is -2.10. The molecule has 0 aromatic carbocycles. The maximum absolute atomic E-state index is 13.5. The number of hydrogen-bond acceptors (Lipinski definition) is 14. The van der Waals surface area contributed by atoms with Gasteiger partial charge in [0.1, 0.15) is 44.8 Å². The van der Waals surface area contributed by atoms with E-state index in [2.05, 4.69) is 58.2 Å². The lowest BCUT2D eigenvalue weighted by molar-refractivity contribution is -0.121. The number of carbonyl (C=O) groups is 10. The number of aromatic hydroxyl groups is 1. The molecule has 8 aromatic rings. The monoisotopic (exact) mass is 1240 g/mol. The summed E-state index contributed by atoms with van der Waals surface area (Å²) in [4.78, 5) is 137. The molecule has 8 aromatic heterocycles. The summed E-state index contributed by atoms with van der Waals surface area (Å²) in [5.74, 6) is -4.81. The van der Waals surface area contributed by atoms with Crippen molar-refractivity contribution in [3.8, 4) is 5.75 Å². The summed E-state index contributed by atoms with van der Waals surface area (Å²) in [6, 6.07) is 10.3. The van der Waals surface area contributed by atoms with Crippen LogP contribution >= 0.6 is 11.3 Å². The molecule has 8 rings (SSSR count). The summed E-state index contributed by atoms with van der Waals surface area (Å²) in [7, 11) is 15.3. The van der Waals surface area contributed by atoms with Crippen molar-refractivity contribution in [3.05, 3.63) is 136 Å². The van der Waals surface area contributed by atoms with E-state index in [0.717, 1.165) is 24.3 Å². The molecule has 31 heteroatoms. The Bertz CT molecular complexity index is 4030. The van der Waals surface area contributed by atoms with E-state index in [0.29, 0.717) is 35.0 Å². The number of nitrogens with one attached hydrogen (secondary N) is 10. The van der Waals surface area contributed by atoms with E-state index in [4.69, 9.17) is 0 Å². The third kappa shape index (κ3) is 16.3. The Morgan fingerprint density at radius 3 is 1.19 bits per heavy atom. The molecule has 0 aliphatic heterocycles. The van der Waals surface area contributed by atoms with Gasteiger partial charge in [0.25, 0.3) is 47.3 Å². The predicted octanol–water partition coefficient (Wildman–Crippen LogP) is 4.07. The predicted molar refractivity (Wildman–Crippen MR) is 333 cm³/mol. The van der Waals surface area contributed by atoms with Crippen LogP contribution in [-0.4, -0.2) is 146 Å². The SMILES string of the molecule is CN(C)CCCNC(=O)CCNC(=O)c1cc(NC(=O)c2cc(NC(=O)c3cc(NC(=O)c4nc(NC(=O)CCCNC(=O)c5cc(NC(=O)c6cc(NC(=O)c7cc(NC(=O)c8sccc8O)cn7C)cn6C)cn5C)cn4C)cn3C)cn2C)cn1C. The average Bonchev–Trinajstić information content (AvgIpc) is 2.77. The number of amides is 10. The van der Waals surface area contributed by atoms with Crippen LogP contribution in [0.25, 0.3) is 0 Å². The molecule has 0 bridgehead atoms. The van der Waals surface area contributed by atoms with Crippen LogP contribution in [0.4, 0.5) is 39.9 Å². The number of carbonyl (C=O) groups excluding carboxylic acids is 10. The van der Waals surface area contributed by atoms with E-state index in [9.17, 15) is 53.1 Å². The third-order valence-corrected chi connectivity index (χ3v) is 14.7. The summed E-state index contributed by atoms with van der Waals surface area (Å²) in [6.45, 7) is 1.63. The Morgan fingerprint density at radius 2 is 0.798 bits per heavy atom. The van der Waals surface area contributed by atoms with Gasteiger partial charge in [-0.15, -0.1) is 11.3 Å². The van der Waals surface area contributed by atoms with Gasteiger partial charge in [-0.1, -0.05) is 0 Å². The molecule has 468 valence electrons. The number of aryl methyl sites for hydroxylation is 7. The highest BCUT2D eigenvalue weighted by molar-refractivity contribution is 7.12. The molecule has 11 N–H and O–H groups in total. The summed E-state index contributed by atoms with van der Waals surface area (Å²) in [5.41, 5.74) is 3.17. The second-order valence-electron chi connectivity index (χ2n) is 21.2. The molecule has 0 atom stereocenters. The van der Waals surface area contributed by atoms with Gasteiger partial charge in [-0.2, -0.15) is 0 Å².